The van der Waals surface area contributed by atoms with Crippen LogP contribution in [-0.4, -0.2) is 12.1 Å². The Bertz CT molecular complexity index is 630. The monoisotopic (exact) mass is 268 g/mol. The summed E-state index contributed by atoms with van der Waals surface area (Å²) in [6.07, 6.45) is 1.26. The topological polar surface area (TPSA) is 34.1 Å². The van der Waals surface area contributed by atoms with Gasteiger partial charge in [-0.15, -0.1) is 0 Å². The van der Waals surface area contributed by atoms with Gasteiger partial charge in [0.15, 0.2) is 0 Å². The minimum atomic E-state index is -0.569. The fourth-order valence-electron chi connectivity index (χ4n) is 2.47. The average molecular weight is 268 g/mol. The van der Waals surface area contributed by atoms with E-state index in [4.69, 9.17) is 0 Å². The molecule has 0 spiro atoms. The molecule has 0 aliphatic rings. The zero-order chi connectivity index (χ0) is 14.8. The SMILES string of the molecule is CC(C)(C)C(=O)C(C=O)Cc1cccc2ccccc12. The minimum Gasteiger partial charge on any atom is -0.303 e. The predicted molar refractivity (Wildman–Crippen MR) is 81.7 cm³/mol. The molecule has 1 atom stereocenters. The third kappa shape index (κ3) is 2.96. The number of hydrogen-bond donors (Lipinski definition) is 0. The Morgan fingerprint density at radius 2 is 1.75 bits per heavy atom. The van der Waals surface area contributed by atoms with Crippen LogP contribution < -0.4 is 0 Å². The van der Waals surface area contributed by atoms with Crippen molar-refractivity contribution in [2.24, 2.45) is 11.3 Å². The maximum atomic E-state index is 12.3. The van der Waals surface area contributed by atoms with Crippen LogP contribution in [0.15, 0.2) is 42.5 Å². The maximum absolute atomic E-state index is 12.3. The van der Waals surface area contributed by atoms with Crippen molar-refractivity contribution in [3.63, 3.8) is 0 Å². The molecule has 0 radical (unpaired) electrons. The quantitative estimate of drug-likeness (QED) is 0.624. The lowest BCUT2D eigenvalue weighted by Gasteiger charge is -2.21. The second kappa shape index (κ2) is 5.58. The smallest absolute Gasteiger partial charge is 0.148 e. The predicted octanol–water partition coefficient (Wildman–Crippen LogP) is 3.81. The van der Waals surface area contributed by atoms with E-state index < -0.39 is 11.3 Å². The van der Waals surface area contributed by atoms with Crippen LogP contribution in [0.4, 0.5) is 0 Å². The first kappa shape index (κ1) is 14.4. The average Bonchev–Trinajstić information content (AvgIpc) is 2.43. The molecule has 104 valence electrons. The van der Waals surface area contributed by atoms with Gasteiger partial charge in [-0.3, -0.25) is 4.79 Å². The molecule has 0 heterocycles. The number of carbonyl (C=O) groups is 2. The molecule has 2 aromatic carbocycles. The highest BCUT2D eigenvalue weighted by molar-refractivity contribution is 5.97. The molecule has 2 aromatic rings. The van der Waals surface area contributed by atoms with Crippen molar-refractivity contribution in [1.29, 1.82) is 0 Å². The third-order valence-corrected chi connectivity index (χ3v) is 3.56. The Balaban J connectivity index is 2.36. The second-order valence-corrected chi connectivity index (χ2v) is 6.20. The van der Waals surface area contributed by atoms with Gasteiger partial charge in [-0.05, 0) is 22.8 Å². The first-order valence-electron chi connectivity index (χ1n) is 6.90. The number of benzene rings is 2. The van der Waals surface area contributed by atoms with Crippen molar-refractivity contribution in [3.8, 4) is 0 Å². The van der Waals surface area contributed by atoms with Gasteiger partial charge in [0.25, 0.3) is 0 Å². The van der Waals surface area contributed by atoms with E-state index in [2.05, 4.69) is 0 Å². The molecule has 2 heteroatoms. The first-order chi connectivity index (χ1) is 9.43. The molecule has 0 aliphatic heterocycles. The Labute approximate surface area is 119 Å². The van der Waals surface area contributed by atoms with E-state index >= 15 is 0 Å². The highest BCUT2D eigenvalue weighted by Crippen LogP contribution is 2.25. The van der Waals surface area contributed by atoms with Crippen LogP contribution >= 0.6 is 0 Å². The zero-order valence-electron chi connectivity index (χ0n) is 12.2. The molecule has 0 fully saturated rings. The first-order valence-corrected chi connectivity index (χ1v) is 6.90. The van der Waals surface area contributed by atoms with Crippen LogP contribution in [0.1, 0.15) is 26.3 Å². The number of ketones is 1. The Kier molecular flexibility index (Phi) is 4.03. The van der Waals surface area contributed by atoms with Gasteiger partial charge in [0.05, 0.1) is 5.92 Å². The van der Waals surface area contributed by atoms with Gasteiger partial charge in [0.2, 0.25) is 0 Å². The normalized spacial score (nSPS) is 13.2. The number of aldehydes is 1. The van der Waals surface area contributed by atoms with Gasteiger partial charge in [-0.25, -0.2) is 0 Å². The summed E-state index contributed by atoms with van der Waals surface area (Å²) in [6, 6.07) is 14.1. The molecule has 0 saturated carbocycles. The van der Waals surface area contributed by atoms with E-state index in [1.165, 1.54) is 0 Å². The minimum absolute atomic E-state index is 0.000402. The van der Waals surface area contributed by atoms with Crippen LogP contribution in [0.2, 0.25) is 0 Å². The van der Waals surface area contributed by atoms with E-state index in [1.54, 1.807) is 0 Å². The lowest BCUT2D eigenvalue weighted by atomic mass is 9.80. The van der Waals surface area contributed by atoms with Gasteiger partial charge < -0.3 is 4.79 Å². The van der Waals surface area contributed by atoms with Crippen molar-refractivity contribution in [2.45, 2.75) is 27.2 Å². The summed E-state index contributed by atoms with van der Waals surface area (Å²) in [5.41, 5.74) is 0.564. The molecular weight excluding hydrogens is 248 g/mol. The van der Waals surface area contributed by atoms with Gasteiger partial charge in [-0.2, -0.15) is 0 Å². The molecule has 0 bridgehead atoms. The number of hydrogen-bond acceptors (Lipinski definition) is 2. The molecule has 0 amide bonds. The Morgan fingerprint density at radius 3 is 2.40 bits per heavy atom. The van der Waals surface area contributed by atoms with E-state index in [-0.39, 0.29) is 5.78 Å². The summed E-state index contributed by atoms with van der Waals surface area (Å²) >= 11 is 0. The molecule has 0 aromatic heterocycles. The second-order valence-electron chi connectivity index (χ2n) is 6.20. The van der Waals surface area contributed by atoms with Crippen LogP contribution in [0.3, 0.4) is 0 Å². The Morgan fingerprint density at radius 1 is 1.10 bits per heavy atom. The van der Waals surface area contributed by atoms with Crippen molar-refractivity contribution in [1.82, 2.24) is 0 Å². The lowest BCUT2D eigenvalue weighted by Crippen LogP contribution is -2.30. The standard InChI is InChI=1S/C18H20O2/c1-18(2,3)17(20)15(12-19)11-14-9-6-8-13-7-4-5-10-16(13)14/h4-10,12,15H,11H2,1-3H3. The van der Waals surface area contributed by atoms with E-state index in [9.17, 15) is 9.59 Å². The molecule has 0 aliphatic carbocycles. The highest BCUT2D eigenvalue weighted by Gasteiger charge is 2.29. The van der Waals surface area contributed by atoms with Crippen molar-refractivity contribution in [2.75, 3.05) is 0 Å². The molecule has 0 saturated heterocycles. The molecule has 1 unspecified atom stereocenters. The van der Waals surface area contributed by atoms with Crippen LogP contribution in [-0.2, 0) is 16.0 Å². The fourth-order valence-corrected chi connectivity index (χ4v) is 2.47. The molecule has 0 N–H and O–H groups in total. The largest absolute Gasteiger partial charge is 0.303 e. The third-order valence-electron chi connectivity index (χ3n) is 3.56. The molecule has 2 nitrogen and oxygen atoms in total. The van der Waals surface area contributed by atoms with Crippen molar-refractivity contribution < 1.29 is 9.59 Å². The van der Waals surface area contributed by atoms with Gasteiger partial charge in [0, 0.05) is 5.41 Å². The number of carbonyl (C=O) groups excluding carboxylic acids is 2. The molecule has 20 heavy (non-hydrogen) atoms. The molecular formula is C18H20O2. The Hall–Kier alpha value is -1.96. The highest BCUT2D eigenvalue weighted by atomic mass is 16.1. The van der Waals surface area contributed by atoms with E-state index in [0.29, 0.717) is 6.42 Å². The van der Waals surface area contributed by atoms with Crippen molar-refractivity contribution in [3.05, 3.63) is 48.0 Å². The van der Waals surface area contributed by atoms with E-state index in [1.807, 2.05) is 63.2 Å². The summed E-state index contributed by atoms with van der Waals surface area (Å²) < 4.78 is 0. The summed E-state index contributed by atoms with van der Waals surface area (Å²) in [5.74, 6) is -0.568. The number of fused-ring (bicyclic) bond motifs is 1. The lowest BCUT2D eigenvalue weighted by molar-refractivity contribution is -0.133. The van der Waals surface area contributed by atoms with E-state index in [0.717, 1.165) is 22.6 Å². The summed E-state index contributed by atoms with van der Waals surface area (Å²) in [4.78, 5) is 23.6. The van der Waals surface area contributed by atoms with Crippen LogP contribution in [0.25, 0.3) is 10.8 Å². The van der Waals surface area contributed by atoms with Crippen LogP contribution in [0.5, 0.6) is 0 Å². The number of rotatable bonds is 4. The van der Waals surface area contributed by atoms with Crippen molar-refractivity contribution >= 4 is 22.8 Å². The van der Waals surface area contributed by atoms with Gasteiger partial charge >= 0.3 is 0 Å². The fraction of sp³-hybridized carbons (Fsp3) is 0.333. The van der Waals surface area contributed by atoms with Crippen LogP contribution in [0, 0.1) is 11.3 Å². The number of Topliss-reactive ketones (excluding diaryl/α,β-unsaturated/α-hetero) is 1. The maximum Gasteiger partial charge on any atom is 0.148 e. The summed E-state index contributed by atoms with van der Waals surface area (Å²) in [5, 5.41) is 2.25. The summed E-state index contributed by atoms with van der Waals surface area (Å²) in [6.45, 7) is 5.57. The van der Waals surface area contributed by atoms with Gasteiger partial charge in [0.1, 0.15) is 12.1 Å². The van der Waals surface area contributed by atoms with Gasteiger partial charge in [-0.1, -0.05) is 63.2 Å². The zero-order valence-corrected chi connectivity index (χ0v) is 12.2. The molecule has 2 rings (SSSR count). The summed E-state index contributed by atoms with van der Waals surface area (Å²) in [7, 11) is 0.